The number of piperidine rings is 1. The summed E-state index contributed by atoms with van der Waals surface area (Å²) >= 11 is 0. The number of nitrogens with one attached hydrogen (secondary N) is 1. The molecule has 1 aliphatic rings. The fourth-order valence-corrected chi connectivity index (χ4v) is 2.25. The lowest BCUT2D eigenvalue weighted by Crippen LogP contribution is -2.44. The number of amides is 1. The van der Waals surface area contributed by atoms with Crippen LogP contribution in [0, 0.1) is 5.92 Å². The van der Waals surface area contributed by atoms with E-state index in [1.165, 1.54) is 0 Å². The average Bonchev–Trinajstić information content (AvgIpc) is 2.40. The maximum atomic E-state index is 11.7. The van der Waals surface area contributed by atoms with Gasteiger partial charge in [-0.25, -0.2) is 0 Å². The van der Waals surface area contributed by atoms with Gasteiger partial charge in [-0.2, -0.15) is 0 Å². The Bertz CT molecular complexity index is 430. The molecule has 4 nitrogen and oxygen atoms in total. The summed E-state index contributed by atoms with van der Waals surface area (Å²) < 4.78 is 4.94. The van der Waals surface area contributed by atoms with Crippen molar-refractivity contribution >= 4 is 11.9 Å². The molecular formula is C14H17NO3. The number of benzene rings is 1. The van der Waals surface area contributed by atoms with E-state index in [0.717, 1.165) is 5.56 Å². The van der Waals surface area contributed by atoms with Crippen molar-refractivity contribution in [3.63, 3.8) is 0 Å². The van der Waals surface area contributed by atoms with Crippen LogP contribution in [-0.4, -0.2) is 25.0 Å². The van der Waals surface area contributed by atoms with Crippen LogP contribution >= 0.6 is 0 Å². The average molecular weight is 247 g/mol. The highest BCUT2D eigenvalue weighted by Crippen LogP contribution is 2.27. The van der Waals surface area contributed by atoms with Crippen LogP contribution in [0.3, 0.4) is 0 Å². The fourth-order valence-electron chi connectivity index (χ4n) is 2.25. The Morgan fingerprint density at radius 2 is 2.11 bits per heavy atom. The van der Waals surface area contributed by atoms with Crippen LogP contribution in [0.5, 0.6) is 0 Å². The molecule has 1 amide bonds. The third kappa shape index (κ3) is 2.70. The molecular weight excluding hydrogens is 230 g/mol. The van der Waals surface area contributed by atoms with E-state index in [1.54, 1.807) is 6.92 Å². The van der Waals surface area contributed by atoms with Crippen molar-refractivity contribution in [1.82, 2.24) is 5.32 Å². The first-order valence-electron chi connectivity index (χ1n) is 6.21. The van der Waals surface area contributed by atoms with Gasteiger partial charge in [-0.15, -0.1) is 0 Å². The lowest BCUT2D eigenvalue weighted by molar-refractivity contribution is -0.153. The first-order chi connectivity index (χ1) is 8.72. The molecule has 1 aromatic rings. The van der Waals surface area contributed by atoms with Crippen LogP contribution in [-0.2, 0) is 14.3 Å². The van der Waals surface area contributed by atoms with E-state index in [9.17, 15) is 9.59 Å². The molecule has 0 aromatic heterocycles. The number of carbonyl (C=O) groups excluding carboxylic acids is 2. The first-order valence-corrected chi connectivity index (χ1v) is 6.21. The van der Waals surface area contributed by atoms with Crippen LogP contribution < -0.4 is 5.32 Å². The van der Waals surface area contributed by atoms with E-state index in [2.05, 4.69) is 5.32 Å². The lowest BCUT2D eigenvalue weighted by atomic mass is 9.85. The standard InChI is InChI=1S/C14H17NO3/c1-2-18-14(17)12-8-11(9-15-13(12)16)10-6-4-3-5-7-10/h3-7,11-12H,2,8-9H2,1H3,(H,15,16). The van der Waals surface area contributed by atoms with Gasteiger partial charge in [-0.1, -0.05) is 30.3 Å². The van der Waals surface area contributed by atoms with Crippen molar-refractivity contribution in [2.75, 3.05) is 13.2 Å². The highest BCUT2D eigenvalue weighted by Gasteiger charge is 2.35. The molecule has 4 heteroatoms. The summed E-state index contributed by atoms with van der Waals surface area (Å²) in [7, 11) is 0. The van der Waals surface area contributed by atoms with Crippen molar-refractivity contribution in [1.29, 1.82) is 0 Å². The molecule has 18 heavy (non-hydrogen) atoms. The topological polar surface area (TPSA) is 55.4 Å². The number of carbonyl (C=O) groups is 2. The van der Waals surface area contributed by atoms with Gasteiger partial charge in [0.2, 0.25) is 5.91 Å². The largest absolute Gasteiger partial charge is 0.465 e. The van der Waals surface area contributed by atoms with Gasteiger partial charge in [0, 0.05) is 12.5 Å². The molecule has 0 spiro atoms. The number of hydrogen-bond donors (Lipinski definition) is 1. The predicted octanol–water partition coefficient (Wildman–Crippen LogP) is 1.47. The quantitative estimate of drug-likeness (QED) is 0.650. The van der Waals surface area contributed by atoms with Crippen LogP contribution in [0.4, 0.5) is 0 Å². The summed E-state index contributed by atoms with van der Waals surface area (Å²) in [6, 6.07) is 9.92. The zero-order valence-corrected chi connectivity index (χ0v) is 10.4. The molecule has 2 rings (SSSR count). The molecule has 0 radical (unpaired) electrons. The van der Waals surface area contributed by atoms with Crippen molar-refractivity contribution in [3.05, 3.63) is 35.9 Å². The molecule has 0 saturated carbocycles. The molecule has 1 aliphatic heterocycles. The second-order valence-electron chi connectivity index (χ2n) is 4.39. The highest BCUT2D eigenvalue weighted by molar-refractivity contribution is 5.98. The van der Waals surface area contributed by atoms with Crippen molar-refractivity contribution < 1.29 is 14.3 Å². The van der Waals surface area contributed by atoms with E-state index in [4.69, 9.17) is 4.74 Å². The highest BCUT2D eigenvalue weighted by atomic mass is 16.5. The molecule has 2 atom stereocenters. The van der Waals surface area contributed by atoms with Crippen LogP contribution in [0.25, 0.3) is 0 Å². The second kappa shape index (κ2) is 5.67. The summed E-state index contributed by atoms with van der Waals surface area (Å²) in [6.45, 7) is 2.63. The van der Waals surface area contributed by atoms with Crippen molar-refractivity contribution in [2.45, 2.75) is 19.3 Å². The Balaban J connectivity index is 2.09. The van der Waals surface area contributed by atoms with E-state index < -0.39 is 11.9 Å². The zero-order valence-electron chi connectivity index (χ0n) is 10.4. The van der Waals surface area contributed by atoms with Gasteiger partial charge in [0.1, 0.15) is 5.92 Å². The Hall–Kier alpha value is -1.84. The summed E-state index contributed by atoms with van der Waals surface area (Å²) in [5.41, 5.74) is 1.15. The summed E-state index contributed by atoms with van der Waals surface area (Å²) in [6.07, 6.45) is 0.522. The number of esters is 1. The Labute approximate surface area is 106 Å². The SMILES string of the molecule is CCOC(=O)C1CC(c2ccccc2)CNC1=O. The second-order valence-corrected chi connectivity index (χ2v) is 4.39. The summed E-state index contributed by atoms with van der Waals surface area (Å²) in [4.78, 5) is 23.4. The van der Waals surface area contributed by atoms with Gasteiger partial charge in [-0.05, 0) is 18.9 Å². The third-order valence-electron chi connectivity index (χ3n) is 3.20. The third-order valence-corrected chi connectivity index (χ3v) is 3.20. The monoisotopic (exact) mass is 247 g/mol. The minimum absolute atomic E-state index is 0.179. The number of ether oxygens (including phenoxy) is 1. The van der Waals surface area contributed by atoms with Gasteiger partial charge < -0.3 is 10.1 Å². The van der Waals surface area contributed by atoms with E-state index >= 15 is 0 Å². The predicted molar refractivity (Wildman–Crippen MR) is 66.9 cm³/mol. The zero-order chi connectivity index (χ0) is 13.0. The van der Waals surface area contributed by atoms with Crippen LogP contribution in [0.15, 0.2) is 30.3 Å². The van der Waals surface area contributed by atoms with Crippen LogP contribution in [0.2, 0.25) is 0 Å². The smallest absolute Gasteiger partial charge is 0.318 e. The molecule has 1 heterocycles. The number of hydrogen-bond acceptors (Lipinski definition) is 3. The van der Waals surface area contributed by atoms with Gasteiger partial charge in [0.05, 0.1) is 6.61 Å². The molecule has 0 aliphatic carbocycles. The Kier molecular flexibility index (Phi) is 3.97. The molecule has 1 saturated heterocycles. The molecule has 1 aromatic carbocycles. The van der Waals surface area contributed by atoms with Gasteiger partial charge in [0.25, 0.3) is 0 Å². The maximum Gasteiger partial charge on any atom is 0.318 e. The van der Waals surface area contributed by atoms with Crippen LogP contribution in [0.1, 0.15) is 24.8 Å². The minimum atomic E-state index is -0.677. The van der Waals surface area contributed by atoms with E-state index in [1.807, 2.05) is 30.3 Å². The molecule has 1 N–H and O–H groups in total. The normalized spacial score (nSPS) is 23.3. The number of rotatable bonds is 3. The summed E-state index contributed by atoms with van der Waals surface area (Å²) in [5.74, 6) is -1.14. The van der Waals surface area contributed by atoms with Gasteiger partial charge in [-0.3, -0.25) is 9.59 Å². The van der Waals surface area contributed by atoms with Crippen molar-refractivity contribution in [3.8, 4) is 0 Å². The Morgan fingerprint density at radius 1 is 1.39 bits per heavy atom. The van der Waals surface area contributed by atoms with Gasteiger partial charge >= 0.3 is 5.97 Å². The fraction of sp³-hybridized carbons (Fsp3) is 0.429. The maximum absolute atomic E-state index is 11.7. The van der Waals surface area contributed by atoms with Crippen molar-refractivity contribution in [2.24, 2.45) is 5.92 Å². The molecule has 0 bridgehead atoms. The molecule has 96 valence electrons. The summed E-state index contributed by atoms with van der Waals surface area (Å²) in [5, 5.41) is 2.78. The van der Waals surface area contributed by atoms with E-state index in [-0.39, 0.29) is 11.8 Å². The first kappa shape index (κ1) is 12.6. The minimum Gasteiger partial charge on any atom is -0.465 e. The molecule has 1 fully saturated rings. The van der Waals surface area contributed by atoms with Gasteiger partial charge in [0.15, 0.2) is 0 Å². The molecule has 2 unspecified atom stereocenters. The Morgan fingerprint density at radius 3 is 2.78 bits per heavy atom. The van der Waals surface area contributed by atoms with E-state index in [0.29, 0.717) is 19.6 Å². The lowest BCUT2D eigenvalue weighted by Gasteiger charge is -2.28.